The highest BCUT2D eigenvalue weighted by Crippen LogP contribution is 2.46. The summed E-state index contributed by atoms with van der Waals surface area (Å²) in [5.41, 5.74) is 2.10. The first-order chi connectivity index (χ1) is 10.2. The van der Waals surface area contributed by atoms with E-state index < -0.39 is 0 Å². The van der Waals surface area contributed by atoms with Gasteiger partial charge in [0, 0.05) is 5.56 Å². The number of rotatable bonds is 1. The largest absolute Gasteiger partial charge is 0.494 e. The van der Waals surface area contributed by atoms with E-state index in [4.69, 9.17) is 9.31 Å². The number of nitrogens with one attached hydrogen (secondary N) is 1. The summed E-state index contributed by atoms with van der Waals surface area (Å²) in [6.45, 7) is 8.22. The topological polar surface area (TPSA) is 47.6 Å². The molecule has 116 valence electrons. The van der Waals surface area contributed by atoms with Crippen LogP contribution in [0.2, 0.25) is 0 Å². The van der Waals surface area contributed by atoms with Gasteiger partial charge in [-0.3, -0.25) is 4.79 Å². The SMILES string of the molecule is CC1(C)OB(c2ccc3c(c2)C2(CCC2)NC3=O)OC1(C)C. The van der Waals surface area contributed by atoms with Crippen LogP contribution in [0.25, 0.3) is 0 Å². The van der Waals surface area contributed by atoms with E-state index in [2.05, 4.69) is 39.1 Å². The highest BCUT2D eigenvalue weighted by molar-refractivity contribution is 6.62. The smallest absolute Gasteiger partial charge is 0.399 e. The number of benzene rings is 1. The van der Waals surface area contributed by atoms with Gasteiger partial charge in [0.15, 0.2) is 0 Å². The normalized spacial score (nSPS) is 26.7. The molecule has 0 atom stereocenters. The van der Waals surface area contributed by atoms with E-state index in [1.54, 1.807) is 0 Å². The van der Waals surface area contributed by atoms with Crippen LogP contribution in [0.4, 0.5) is 0 Å². The molecule has 1 aromatic carbocycles. The van der Waals surface area contributed by atoms with Gasteiger partial charge in [0.25, 0.3) is 5.91 Å². The van der Waals surface area contributed by atoms with Gasteiger partial charge in [0.2, 0.25) is 0 Å². The van der Waals surface area contributed by atoms with E-state index in [0.717, 1.165) is 29.4 Å². The monoisotopic (exact) mass is 299 g/mol. The Morgan fingerprint density at radius 2 is 1.73 bits per heavy atom. The Hall–Kier alpha value is -1.33. The fourth-order valence-corrected chi connectivity index (χ4v) is 3.56. The minimum Gasteiger partial charge on any atom is -0.399 e. The predicted molar refractivity (Wildman–Crippen MR) is 85.2 cm³/mol. The van der Waals surface area contributed by atoms with E-state index in [9.17, 15) is 4.79 Å². The molecule has 1 saturated carbocycles. The van der Waals surface area contributed by atoms with Crippen molar-refractivity contribution >= 4 is 18.5 Å². The molecule has 1 aromatic rings. The van der Waals surface area contributed by atoms with E-state index in [1.807, 2.05) is 12.1 Å². The van der Waals surface area contributed by atoms with Crippen LogP contribution in [0.15, 0.2) is 18.2 Å². The van der Waals surface area contributed by atoms with Crippen LogP contribution < -0.4 is 10.8 Å². The molecule has 0 radical (unpaired) electrons. The summed E-state index contributed by atoms with van der Waals surface area (Å²) in [5.74, 6) is 0.0511. The van der Waals surface area contributed by atoms with Crippen molar-refractivity contribution in [1.82, 2.24) is 5.32 Å². The zero-order valence-corrected chi connectivity index (χ0v) is 13.7. The van der Waals surface area contributed by atoms with Crippen molar-refractivity contribution in [2.75, 3.05) is 0 Å². The van der Waals surface area contributed by atoms with Gasteiger partial charge in [0.05, 0.1) is 16.7 Å². The molecule has 2 fully saturated rings. The van der Waals surface area contributed by atoms with Gasteiger partial charge in [-0.15, -0.1) is 0 Å². The molecule has 3 aliphatic rings. The molecule has 5 heteroatoms. The standard InChI is InChI=1S/C17H22BNO3/c1-15(2)16(3,4)22-18(21-15)11-6-7-12-13(10-11)17(8-5-9-17)19-14(12)20/h6-7,10H,5,8-9H2,1-4H3,(H,19,20). The number of carbonyl (C=O) groups excluding carboxylic acids is 1. The lowest BCUT2D eigenvalue weighted by molar-refractivity contribution is 0.00578. The van der Waals surface area contributed by atoms with E-state index in [0.29, 0.717) is 0 Å². The number of hydrogen-bond acceptors (Lipinski definition) is 3. The van der Waals surface area contributed by atoms with Crippen LogP contribution in [0.3, 0.4) is 0 Å². The summed E-state index contributed by atoms with van der Waals surface area (Å²) in [6.07, 6.45) is 3.22. The van der Waals surface area contributed by atoms with E-state index in [-0.39, 0.29) is 29.8 Å². The fraction of sp³-hybridized carbons (Fsp3) is 0.588. The Morgan fingerprint density at radius 3 is 2.27 bits per heavy atom. The van der Waals surface area contributed by atoms with E-state index in [1.165, 1.54) is 6.42 Å². The fourth-order valence-electron chi connectivity index (χ4n) is 3.56. The number of fused-ring (bicyclic) bond motifs is 2. The Labute approximate surface area is 131 Å². The molecular formula is C17H22BNO3. The second-order valence-electron chi connectivity index (χ2n) is 7.78. The summed E-state index contributed by atoms with van der Waals surface area (Å²) in [7, 11) is -0.372. The van der Waals surface area contributed by atoms with Gasteiger partial charge in [-0.2, -0.15) is 0 Å². The predicted octanol–water partition coefficient (Wildman–Crippen LogP) is 2.11. The van der Waals surface area contributed by atoms with Crippen LogP contribution in [-0.4, -0.2) is 24.2 Å². The minimum atomic E-state index is -0.372. The summed E-state index contributed by atoms with van der Waals surface area (Å²) in [6, 6.07) is 5.98. The lowest BCUT2D eigenvalue weighted by atomic mass is 9.70. The average molecular weight is 299 g/mol. The minimum absolute atomic E-state index is 0.0511. The quantitative estimate of drug-likeness (QED) is 0.808. The van der Waals surface area contributed by atoms with Gasteiger partial charge >= 0.3 is 7.12 Å². The molecule has 2 aliphatic heterocycles. The third kappa shape index (κ3) is 1.75. The molecule has 22 heavy (non-hydrogen) atoms. The third-order valence-electron chi connectivity index (χ3n) is 5.89. The maximum Gasteiger partial charge on any atom is 0.494 e. The maximum atomic E-state index is 12.1. The molecule has 0 aromatic heterocycles. The van der Waals surface area contributed by atoms with Gasteiger partial charge in [-0.05, 0) is 64.1 Å². The Kier molecular flexibility index (Phi) is 2.69. The van der Waals surface area contributed by atoms with Crippen LogP contribution >= 0.6 is 0 Å². The molecule has 1 amide bonds. The first-order valence-corrected chi connectivity index (χ1v) is 8.07. The van der Waals surface area contributed by atoms with Crippen molar-refractivity contribution in [3.63, 3.8) is 0 Å². The highest BCUT2D eigenvalue weighted by atomic mass is 16.7. The molecule has 1 saturated heterocycles. The summed E-state index contributed by atoms with van der Waals surface area (Å²) < 4.78 is 12.3. The van der Waals surface area contributed by atoms with Crippen molar-refractivity contribution in [2.45, 2.75) is 63.7 Å². The molecule has 0 bridgehead atoms. The van der Waals surface area contributed by atoms with E-state index >= 15 is 0 Å². The van der Waals surface area contributed by atoms with Gasteiger partial charge in [-0.1, -0.05) is 12.1 Å². The van der Waals surface area contributed by atoms with Crippen LogP contribution in [0, 0.1) is 0 Å². The average Bonchev–Trinajstić information content (AvgIpc) is 2.81. The van der Waals surface area contributed by atoms with Crippen molar-refractivity contribution in [2.24, 2.45) is 0 Å². The molecule has 2 heterocycles. The first-order valence-electron chi connectivity index (χ1n) is 8.07. The maximum absolute atomic E-state index is 12.1. The molecule has 0 unspecified atom stereocenters. The second kappa shape index (κ2) is 4.15. The van der Waals surface area contributed by atoms with Crippen LogP contribution in [0.1, 0.15) is 62.9 Å². The lowest BCUT2D eigenvalue weighted by Gasteiger charge is -2.39. The lowest BCUT2D eigenvalue weighted by Crippen LogP contribution is -2.45. The summed E-state index contributed by atoms with van der Waals surface area (Å²) in [4.78, 5) is 12.1. The third-order valence-corrected chi connectivity index (χ3v) is 5.89. The second-order valence-corrected chi connectivity index (χ2v) is 7.78. The zero-order chi connectivity index (χ0) is 15.8. The van der Waals surface area contributed by atoms with Crippen molar-refractivity contribution in [1.29, 1.82) is 0 Å². The van der Waals surface area contributed by atoms with Crippen LogP contribution in [-0.2, 0) is 14.8 Å². The van der Waals surface area contributed by atoms with Crippen molar-refractivity contribution in [3.05, 3.63) is 29.3 Å². The molecule has 4 rings (SSSR count). The Bertz CT molecular complexity index is 648. The van der Waals surface area contributed by atoms with Crippen LogP contribution in [0.5, 0.6) is 0 Å². The first kappa shape index (κ1) is 14.3. The van der Waals surface area contributed by atoms with Gasteiger partial charge in [0.1, 0.15) is 0 Å². The summed E-state index contributed by atoms with van der Waals surface area (Å²) in [5, 5.41) is 3.16. The van der Waals surface area contributed by atoms with Crippen molar-refractivity contribution < 1.29 is 14.1 Å². The Morgan fingerprint density at radius 1 is 1.09 bits per heavy atom. The molecule has 1 N–H and O–H groups in total. The molecule has 4 nitrogen and oxygen atoms in total. The molecule has 1 aliphatic carbocycles. The van der Waals surface area contributed by atoms with Gasteiger partial charge in [-0.25, -0.2) is 0 Å². The van der Waals surface area contributed by atoms with Crippen molar-refractivity contribution in [3.8, 4) is 0 Å². The molecule has 1 spiro atoms. The Balaban J connectivity index is 1.71. The number of hydrogen-bond donors (Lipinski definition) is 1. The highest BCUT2D eigenvalue weighted by Gasteiger charge is 2.53. The van der Waals surface area contributed by atoms with Gasteiger partial charge < -0.3 is 14.6 Å². The zero-order valence-electron chi connectivity index (χ0n) is 13.7. The number of carbonyl (C=O) groups is 1. The molecular weight excluding hydrogens is 277 g/mol. The summed E-state index contributed by atoms with van der Waals surface area (Å²) >= 11 is 0. The number of amides is 1.